The van der Waals surface area contributed by atoms with Gasteiger partial charge in [-0.2, -0.15) is 18.2 Å². The van der Waals surface area contributed by atoms with Gasteiger partial charge in [-0.15, -0.1) is 12.1 Å². The third kappa shape index (κ3) is 10.1. The maximum Gasteiger partial charge on any atom is 1.00 e. The first-order valence-electron chi connectivity index (χ1n) is 8.70. The van der Waals surface area contributed by atoms with Gasteiger partial charge in [-0.25, -0.2) is 0 Å². The van der Waals surface area contributed by atoms with Crippen LogP contribution in [0.25, 0.3) is 0 Å². The van der Waals surface area contributed by atoms with E-state index in [0.717, 1.165) is 65.0 Å². The molecule has 6 heteroatoms. The van der Waals surface area contributed by atoms with Crippen LogP contribution >= 0.6 is 0 Å². The summed E-state index contributed by atoms with van der Waals surface area (Å²) in [6.45, 7) is 5.86. The monoisotopic (exact) mass is 371 g/mol. The van der Waals surface area contributed by atoms with Crippen molar-refractivity contribution >= 4 is 11.6 Å². The Kier molecular flexibility index (Phi) is 15.2. The van der Waals surface area contributed by atoms with Crippen LogP contribution in [0.1, 0.15) is 25.7 Å². The number of nitrogens with two attached hydrogens (primary N) is 1. The molecular formula is C19H32KN4O-. The van der Waals surface area contributed by atoms with Crippen molar-refractivity contribution in [3.05, 3.63) is 37.8 Å². The predicted molar refractivity (Wildman–Crippen MR) is 101 cm³/mol. The Balaban J connectivity index is 0.00000288. The van der Waals surface area contributed by atoms with Crippen molar-refractivity contribution in [3.8, 4) is 0 Å². The smallest absolute Gasteiger partial charge is 0.391 e. The van der Waals surface area contributed by atoms with Crippen LogP contribution in [0.15, 0.2) is 24.3 Å². The van der Waals surface area contributed by atoms with Gasteiger partial charge in [-0.05, 0) is 19.4 Å². The van der Waals surface area contributed by atoms with E-state index in [9.17, 15) is 4.79 Å². The Morgan fingerprint density at radius 3 is 2.36 bits per heavy atom. The molecule has 0 atom stereocenters. The van der Waals surface area contributed by atoms with Crippen molar-refractivity contribution in [2.75, 3.05) is 50.7 Å². The minimum Gasteiger partial charge on any atom is -0.391 e. The van der Waals surface area contributed by atoms with E-state index in [1.807, 2.05) is 12.1 Å². The van der Waals surface area contributed by atoms with Crippen LogP contribution in [0, 0.1) is 13.5 Å². The Morgan fingerprint density at radius 1 is 1.08 bits per heavy atom. The SMILES string of the molecule is NCCCCCCNC(=O)CN1CCN(c2cc[c-]cc2)CC1.[CH3-].[K+]. The van der Waals surface area contributed by atoms with Crippen molar-refractivity contribution in [1.29, 1.82) is 0 Å². The van der Waals surface area contributed by atoms with E-state index in [-0.39, 0.29) is 64.7 Å². The number of nitrogens with zero attached hydrogens (tertiary/aromatic N) is 2. The van der Waals surface area contributed by atoms with Crippen LogP contribution < -0.4 is 67.3 Å². The number of unbranched alkanes of at least 4 members (excludes halogenated alkanes) is 3. The van der Waals surface area contributed by atoms with Crippen LogP contribution in [-0.2, 0) is 4.79 Å². The minimum atomic E-state index is 0. The van der Waals surface area contributed by atoms with E-state index in [2.05, 4.69) is 33.3 Å². The van der Waals surface area contributed by atoms with Gasteiger partial charge in [0.2, 0.25) is 5.91 Å². The van der Waals surface area contributed by atoms with Crippen LogP contribution in [-0.4, -0.2) is 56.6 Å². The average Bonchev–Trinajstić information content (AvgIpc) is 2.59. The third-order valence-corrected chi connectivity index (χ3v) is 4.26. The molecule has 0 saturated carbocycles. The van der Waals surface area contributed by atoms with E-state index in [4.69, 9.17) is 5.73 Å². The molecule has 1 aromatic rings. The summed E-state index contributed by atoms with van der Waals surface area (Å²) < 4.78 is 0. The number of hydrogen-bond acceptors (Lipinski definition) is 4. The fourth-order valence-corrected chi connectivity index (χ4v) is 2.86. The summed E-state index contributed by atoms with van der Waals surface area (Å²) >= 11 is 0. The minimum absolute atomic E-state index is 0. The first-order valence-corrected chi connectivity index (χ1v) is 8.70. The van der Waals surface area contributed by atoms with Crippen LogP contribution in [0.3, 0.4) is 0 Å². The van der Waals surface area contributed by atoms with Gasteiger partial charge in [0.1, 0.15) is 0 Å². The van der Waals surface area contributed by atoms with E-state index >= 15 is 0 Å². The molecule has 0 bridgehead atoms. The van der Waals surface area contributed by atoms with Crippen molar-refractivity contribution in [3.63, 3.8) is 0 Å². The van der Waals surface area contributed by atoms with Gasteiger partial charge in [0.05, 0.1) is 6.54 Å². The summed E-state index contributed by atoms with van der Waals surface area (Å²) in [5.74, 6) is 0.145. The van der Waals surface area contributed by atoms with E-state index in [1.54, 1.807) is 0 Å². The zero-order chi connectivity index (χ0) is 16.3. The Morgan fingerprint density at radius 2 is 1.72 bits per heavy atom. The molecule has 0 aliphatic carbocycles. The predicted octanol–water partition coefficient (Wildman–Crippen LogP) is -1.30. The summed E-state index contributed by atoms with van der Waals surface area (Å²) in [7, 11) is 0. The van der Waals surface area contributed by atoms with Gasteiger partial charge >= 0.3 is 51.4 Å². The molecule has 1 aliphatic heterocycles. The molecule has 136 valence electrons. The van der Waals surface area contributed by atoms with Crippen molar-refractivity contribution < 1.29 is 56.2 Å². The van der Waals surface area contributed by atoms with Crippen molar-refractivity contribution in [2.45, 2.75) is 25.7 Å². The summed E-state index contributed by atoms with van der Waals surface area (Å²) in [6, 6.07) is 11.1. The Bertz CT molecular complexity index is 450. The number of anilines is 1. The van der Waals surface area contributed by atoms with Gasteiger partial charge in [-0.1, -0.05) is 18.5 Å². The summed E-state index contributed by atoms with van der Waals surface area (Å²) in [4.78, 5) is 16.6. The number of nitrogens with one attached hydrogen (secondary N) is 1. The van der Waals surface area contributed by atoms with Gasteiger partial charge in [0.25, 0.3) is 0 Å². The topological polar surface area (TPSA) is 61.6 Å². The normalized spacial score (nSPS) is 14.4. The zero-order valence-corrected chi connectivity index (χ0v) is 19.1. The molecule has 1 aromatic carbocycles. The quantitative estimate of drug-likeness (QED) is 0.322. The first kappa shape index (κ1) is 25.0. The van der Waals surface area contributed by atoms with Crippen LogP contribution in [0.4, 0.5) is 5.69 Å². The van der Waals surface area contributed by atoms with Crippen LogP contribution in [0.2, 0.25) is 0 Å². The summed E-state index contributed by atoms with van der Waals surface area (Å²) in [5.41, 5.74) is 6.70. The molecule has 5 nitrogen and oxygen atoms in total. The molecule has 25 heavy (non-hydrogen) atoms. The average molecular weight is 372 g/mol. The number of benzene rings is 1. The number of amides is 1. The molecule has 1 aliphatic rings. The van der Waals surface area contributed by atoms with E-state index in [1.165, 1.54) is 5.69 Å². The molecule has 0 unspecified atom stereocenters. The number of rotatable bonds is 9. The molecule has 2 rings (SSSR count). The summed E-state index contributed by atoms with van der Waals surface area (Å²) in [6.07, 6.45) is 4.43. The van der Waals surface area contributed by atoms with Gasteiger partial charge < -0.3 is 23.4 Å². The second kappa shape index (κ2) is 15.1. The second-order valence-electron chi connectivity index (χ2n) is 6.07. The number of hydrogen-bond donors (Lipinski definition) is 2. The number of carbonyl (C=O) groups is 1. The molecule has 1 amide bonds. The molecule has 0 spiro atoms. The van der Waals surface area contributed by atoms with E-state index in [0.29, 0.717) is 6.54 Å². The maximum absolute atomic E-state index is 12.0. The number of carbonyl (C=O) groups excluding carboxylic acids is 1. The molecule has 1 saturated heterocycles. The van der Waals surface area contributed by atoms with Gasteiger partial charge in [-0.3, -0.25) is 9.69 Å². The number of piperazine rings is 1. The van der Waals surface area contributed by atoms with Gasteiger partial charge in [0, 0.05) is 32.7 Å². The second-order valence-corrected chi connectivity index (χ2v) is 6.07. The molecule has 0 aromatic heterocycles. The maximum atomic E-state index is 12.0. The Hall–Kier alpha value is 0.0464. The summed E-state index contributed by atoms with van der Waals surface area (Å²) in [5, 5.41) is 3.02. The van der Waals surface area contributed by atoms with Gasteiger partial charge in [0.15, 0.2) is 0 Å². The first-order chi connectivity index (χ1) is 11.3. The Labute approximate surface area is 196 Å². The zero-order valence-electron chi connectivity index (χ0n) is 16.0. The van der Waals surface area contributed by atoms with E-state index < -0.39 is 0 Å². The molecule has 0 radical (unpaired) electrons. The largest absolute Gasteiger partial charge is 1.00 e. The fraction of sp³-hybridized carbons (Fsp3) is 0.579. The molecule has 3 N–H and O–H groups in total. The fourth-order valence-electron chi connectivity index (χ4n) is 2.86. The molecule has 1 fully saturated rings. The van der Waals surface area contributed by atoms with Crippen LogP contribution in [0.5, 0.6) is 0 Å². The standard InChI is InChI=1S/C18H29N4O.CH3.K/c19-10-6-1-2-7-11-20-18(23)16-21-12-14-22(15-13-21)17-8-4-3-5-9-17;;/h4-5,8-9H,1-2,6-7,10-16,19H2,(H,20,23);1H3;/q2*-1;+1. The molecular weight excluding hydrogens is 339 g/mol. The third-order valence-electron chi connectivity index (χ3n) is 4.26. The molecule has 1 heterocycles. The van der Waals surface area contributed by atoms with Crippen molar-refractivity contribution in [2.24, 2.45) is 5.73 Å². The van der Waals surface area contributed by atoms with Crippen molar-refractivity contribution in [1.82, 2.24) is 10.2 Å².